The fourth-order valence-corrected chi connectivity index (χ4v) is 18.4. The molecule has 0 bridgehead atoms. The normalized spacial score (nSPS) is 30.0. The Bertz CT molecular complexity index is 5120. The van der Waals surface area contributed by atoms with Crippen molar-refractivity contribution in [2.45, 2.75) is 307 Å². The third-order valence-electron chi connectivity index (χ3n) is 24.2. The number of esters is 6. The van der Waals surface area contributed by atoms with Crippen molar-refractivity contribution in [3.05, 3.63) is 215 Å². The zero-order chi connectivity index (χ0) is 105. The molecule has 0 saturated carbocycles. The van der Waals surface area contributed by atoms with E-state index in [0.717, 1.165) is 80.4 Å². The number of nitrogens with one attached hydrogen (secondary N) is 6. The number of carbonyl (C=O) groups excluding carboxylic acids is 12. The summed E-state index contributed by atoms with van der Waals surface area (Å²) in [7, 11) is 2.65. The summed E-state index contributed by atoms with van der Waals surface area (Å²) in [6.45, 7) is 10.4. The maximum Gasteiger partial charge on any atom is 0.303 e. The van der Waals surface area contributed by atoms with Crippen LogP contribution in [0.2, 0.25) is 0 Å². The van der Waals surface area contributed by atoms with Crippen LogP contribution in [0.1, 0.15) is 116 Å². The minimum Gasteiger partial charge on any atom is -0.457 e. The molecule has 0 aliphatic carbocycles. The average molecular weight is 2060 g/mol. The molecule has 6 amide bonds. The predicted octanol–water partition coefficient (Wildman–Crippen LogP) is 4.84. The molecule has 6 aliphatic rings. The molecule has 43 heteroatoms. The van der Waals surface area contributed by atoms with Crippen molar-refractivity contribution in [3.8, 4) is 0 Å². The van der Waals surface area contributed by atoms with Crippen LogP contribution >= 0.6 is 0 Å². The Balaban J connectivity index is 0.961. The first-order valence-corrected chi connectivity index (χ1v) is 48.3. The fourth-order valence-electron chi connectivity index (χ4n) is 18.4. The quantitative estimate of drug-likeness (QED) is 0.0220. The van der Waals surface area contributed by atoms with Gasteiger partial charge in [0, 0.05) is 97.3 Å². The van der Waals surface area contributed by atoms with Crippen molar-refractivity contribution in [2.24, 2.45) is 0 Å². The van der Waals surface area contributed by atoms with E-state index in [4.69, 9.17) is 118 Å². The summed E-state index contributed by atoms with van der Waals surface area (Å²) in [6, 6.07) is 44.0. The van der Waals surface area contributed by atoms with Gasteiger partial charge in [-0.2, -0.15) is 0 Å². The molecule has 6 aliphatic heterocycles. The third kappa shape index (κ3) is 33.6. The number of benzene rings is 6. The third-order valence-corrected chi connectivity index (χ3v) is 24.2. The van der Waals surface area contributed by atoms with E-state index >= 15 is 0 Å². The minimum absolute atomic E-state index is 0.0243. The second-order valence-corrected chi connectivity index (χ2v) is 36.0. The summed E-state index contributed by atoms with van der Waals surface area (Å²) in [5.74, 6) is -10.1. The van der Waals surface area contributed by atoms with Crippen molar-refractivity contribution in [1.82, 2.24) is 31.9 Å². The van der Waals surface area contributed by atoms with Gasteiger partial charge in [0.15, 0.2) is 74.4 Å². The first-order chi connectivity index (χ1) is 70.7. The Labute approximate surface area is 851 Å². The molecule has 6 aromatic carbocycles. The Kier molecular flexibility index (Phi) is 43.8. The van der Waals surface area contributed by atoms with Crippen LogP contribution in [0.3, 0.4) is 0 Å². The SMILES string of the molecule is CO[C@H]1O[C@H](COCc2ccccc2)[C@H](O[C@H]2O[C@H](COCc3ccccc3)[C@H](O[C@H]3O[C@H](COCc4ccccc4)[C@H](O[C@H]4O[C@H](COCc5ccccc5)[C@H](O[C@H]5O[C@H](COCc6ccccc6)[C@H](O[C@H]6O[C@H](COCc7ccccc7)[C@H](OC)[C@H](OC(C)=O)[C@H]6NC(C)=O)[C@H](OC(C)=O)[C@H]5NC(C)=O)[C@H](OC(C)=O)[C@H]4NC(C)=O)[C@H](OC(C)=O)[C@H]3NC(C)=O)[C@H](OC(C)=O)[C@H]2NC(C)=O)[C@H](OC(C)=O)[C@H]1NC(C)=O. The smallest absolute Gasteiger partial charge is 0.303 e. The topological polar surface area (TPSA) is 508 Å². The number of hydrogen-bond acceptors (Lipinski definition) is 37. The van der Waals surface area contributed by atoms with Crippen molar-refractivity contribution < 1.29 is 176 Å². The van der Waals surface area contributed by atoms with Gasteiger partial charge in [-0.1, -0.05) is 182 Å². The van der Waals surface area contributed by atoms with E-state index in [1.54, 1.807) is 121 Å². The molecule has 12 rings (SSSR count). The zero-order valence-electron chi connectivity index (χ0n) is 84.2. The first-order valence-electron chi connectivity index (χ1n) is 48.3. The largest absolute Gasteiger partial charge is 0.457 e. The molecule has 43 nitrogen and oxygen atoms in total. The highest BCUT2D eigenvalue weighted by Crippen LogP contribution is 2.42. The fraction of sp³-hybridized carbons (Fsp3) is 0.538. The summed E-state index contributed by atoms with van der Waals surface area (Å²) in [6.07, 6.45) is -39.9. The zero-order valence-corrected chi connectivity index (χ0v) is 84.2. The van der Waals surface area contributed by atoms with Gasteiger partial charge in [0.25, 0.3) is 0 Å². The van der Waals surface area contributed by atoms with Crippen LogP contribution < -0.4 is 31.9 Å². The van der Waals surface area contributed by atoms with E-state index in [2.05, 4.69) is 31.9 Å². The van der Waals surface area contributed by atoms with Gasteiger partial charge in [-0.3, -0.25) is 57.5 Å². The summed E-state index contributed by atoms with van der Waals surface area (Å²) in [5.41, 5.74) is 4.14. The Morgan fingerprint density at radius 2 is 0.354 bits per heavy atom. The molecule has 0 spiro atoms. The number of hydrogen-bond donors (Lipinski definition) is 6. The molecule has 0 radical (unpaired) electrons. The number of rotatable bonds is 48. The second-order valence-electron chi connectivity index (χ2n) is 36.0. The molecule has 147 heavy (non-hydrogen) atoms. The average Bonchev–Trinajstić information content (AvgIpc) is 0.753. The lowest BCUT2D eigenvalue weighted by atomic mass is 9.92. The maximum atomic E-state index is 14.5. The van der Waals surface area contributed by atoms with Crippen LogP contribution in [-0.2, 0) is 216 Å². The molecule has 0 aromatic heterocycles. The molecule has 6 aromatic rings. The van der Waals surface area contributed by atoms with Gasteiger partial charge >= 0.3 is 35.8 Å². The van der Waals surface area contributed by atoms with Gasteiger partial charge in [0.05, 0.1) is 79.3 Å². The van der Waals surface area contributed by atoms with E-state index in [1.807, 2.05) is 60.7 Å². The van der Waals surface area contributed by atoms with Crippen molar-refractivity contribution in [2.75, 3.05) is 53.9 Å². The first kappa shape index (κ1) is 114. The molecular formula is C104H132N6O37. The highest BCUT2D eigenvalue weighted by atomic mass is 16.8. The standard InChI is InChI=1S/C104H132N6O37/c1-57(111)105-81-94(132-64(8)118)88(76(137-99(81)124-14)52-126-46-70-35-23-16-24-36-70)143-101-83(107-59(3)113)96(134-66(10)120)90(78(139-101)54-128-48-72-39-27-18-28-40-72)145-103-85(109-61(5)115)98(136-68(12)122)92(80(141-103)56-130-50-74-43-31-20-32-44-74)147-104-86(110-62(6)116)97(135-67(11)121)91(79(142-104)55-129-49-73-41-29-19-30-42-73)146-102-84(108-60(4)114)95(133-65(9)119)89(77(140-102)53-127-47-71-37-25-17-26-38-71)144-100-82(106-58(2)112)93(131-63(7)117)87(123-13)75(138-100)51-125-45-69-33-21-15-22-34-69/h15-44,75-104H,45-56H2,1-14H3,(H,105,111)(H,106,112)(H,107,113)(H,108,114)(H,109,115)(H,110,116)/t75-,76-,77-,78-,79-,80-,81-,82-,83-,84-,85-,86-,87+,88+,89+,90+,91+,92+,93-,94-,95-,96-,97-,98-,99+,100-,101-,102-,103-,104-/m1/s1. The van der Waals surface area contributed by atoms with E-state index in [1.165, 1.54) is 28.1 Å². The van der Waals surface area contributed by atoms with Gasteiger partial charge < -0.3 is 150 Å². The molecule has 6 fully saturated rings. The lowest BCUT2D eigenvalue weighted by Gasteiger charge is -2.53. The van der Waals surface area contributed by atoms with Gasteiger partial charge in [-0.05, 0) is 33.4 Å². The highest BCUT2D eigenvalue weighted by molar-refractivity contribution is 5.77. The Hall–Kier alpha value is -11.8. The van der Waals surface area contributed by atoms with E-state index < -0.39 is 282 Å². The second kappa shape index (κ2) is 56.5. The van der Waals surface area contributed by atoms with Gasteiger partial charge in [0.2, 0.25) is 35.4 Å². The van der Waals surface area contributed by atoms with Crippen LogP contribution in [0.15, 0.2) is 182 Å². The molecule has 800 valence electrons. The van der Waals surface area contributed by atoms with Gasteiger partial charge in [-0.25, -0.2) is 0 Å². The summed E-state index contributed by atoms with van der Waals surface area (Å²) in [5, 5.41) is 16.9. The van der Waals surface area contributed by atoms with Crippen LogP contribution in [0.4, 0.5) is 0 Å². The number of carbonyl (C=O) groups is 12. The van der Waals surface area contributed by atoms with Crippen LogP contribution in [0.25, 0.3) is 0 Å². The van der Waals surface area contributed by atoms with Crippen molar-refractivity contribution in [3.63, 3.8) is 0 Å². The molecule has 0 unspecified atom stereocenters. The van der Waals surface area contributed by atoms with Crippen LogP contribution in [-0.4, -0.2) is 309 Å². The van der Waals surface area contributed by atoms with E-state index in [0.29, 0.717) is 22.3 Å². The molecule has 6 heterocycles. The number of amides is 6. The van der Waals surface area contributed by atoms with Gasteiger partial charge in [0.1, 0.15) is 109 Å². The van der Waals surface area contributed by atoms with Crippen molar-refractivity contribution >= 4 is 71.3 Å². The van der Waals surface area contributed by atoms with Crippen LogP contribution in [0.5, 0.6) is 0 Å². The summed E-state index contributed by atoms with van der Waals surface area (Å²) >= 11 is 0. The monoisotopic (exact) mass is 2060 g/mol. The molecular weight excluding hydrogens is 1930 g/mol. The lowest BCUT2D eigenvalue weighted by Crippen LogP contribution is -2.73. The maximum absolute atomic E-state index is 14.5. The molecule has 6 N–H and O–H groups in total. The predicted molar refractivity (Wildman–Crippen MR) is 510 cm³/mol. The van der Waals surface area contributed by atoms with Crippen molar-refractivity contribution in [1.29, 1.82) is 0 Å². The summed E-state index contributed by atoms with van der Waals surface area (Å²) in [4.78, 5) is 168. The lowest BCUT2D eigenvalue weighted by molar-refractivity contribution is -0.373. The highest BCUT2D eigenvalue weighted by Gasteiger charge is 2.63. The Morgan fingerprint density at radius 1 is 0.204 bits per heavy atom. The Morgan fingerprint density at radius 3 is 0.503 bits per heavy atom. The molecule has 6 saturated heterocycles. The van der Waals surface area contributed by atoms with Crippen LogP contribution in [0, 0.1) is 0 Å². The number of ether oxygens (including phenoxy) is 25. The minimum atomic E-state index is -2.01. The van der Waals surface area contributed by atoms with Gasteiger partial charge in [-0.15, -0.1) is 0 Å². The summed E-state index contributed by atoms with van der Waals surface area (Å²) < 4.78 is 166. The van der Waals surface area contributed by atoms with E-state index in [-0.39, 0.29) is 52.9 Å². The van der Waals surface area contributed by atoms with E-state index in [9.17, 15) is 57.5 Å². The molecule has 30 atom stereocenters. The number of methoxy groups -OCH3 is 2.